The monoisotopic (exact) mass is 983 g/mol. The van der Waals surface area contributed by atoms with Gasteiger partial charge < -0.3 is 28.7 Å². The topological polar surface area (TPSA) is 172 Å². The van der Waals surface area contributed by atoms with Crippen LogP contribution in [0.5, 0.6) is 0 Å². The highest BCUT2D eigenvalue weighted by atomic mass is 19.3. The number of rotatable bonds is 9. The number of amides is 3. The molecule has 0 radical (unpaired) electrons. The Morgan fingerprint density at radius 3 is 2.43 bits per heavy atom. The third-order valence-corrected chi connectivity index (χ3v) is 16.1. The van der Waals surface area contributed by atoms with Crippen LogP contribution in [0.1, 0.15) is 92.8 Å². The zero-order valence-corrected chi connectivity index (χ0v) is 40.5. The number of benzene rings is 2. The average molecular weight is 984 g/mol. The molecule has 4 fully saturated rings. The van der Waals surface area contributed by atoms with Crippen LogP contribution >= 0.6 is 0 Å². The molecule has 3 amide bonds. The van der Waals surface area contributed by atoms with Crippen molar-refractivity contribution in [3.05, 3.63) is 87.7 Å². The van der Waals surface area contributed by atoms with Crippen LogP contribution in [0.3, 0.4) is 0 Å². The first-order chi connectivity index (χ1) is 35.1. The number of aromatic nitrogens is 7. The lowest BCUT2D eigenvalue weighted by Crippen LogP contribution is -2.49. The van der Waals surface area contributed by atoms with Crippen molar-refractivity contribution in [3.8, 4) is 11.1 Å². The first-order valence-electron chi connectivity index (χ1n) is 25.6. The van der Waals surface area contributed by atoms with Gasteiger partial charge in [-0.25, -0.2) is 13.8 Å². The average Bonchev–Trinajstić information content (AvgIpc) is 4.03. The smallest absolute Gasteiger partial charge is 0.278 e. The van der Waals surface area contributed by atoms with Crippen molar-refractivity contribution >= 4 is 57.2 Å². The Morgan fingerprint density at radius 1 is 0.847 bits per heavy atom. The number of imide groups is 1. The minimum atomic E-state index is -2.74. The molecular formula is C52H59F2N13O5. The molecule has 1 atom stereocenters. The van der Waals surface area contributed by atoms with Crippen molar-refractivity contribution < 1.29 is 27.9 Å². The number of pyridine rings is 1. The van der Waals surface area contributed by atoms with Crippen molar-refractivity contribution in [3.63, 3.8) is 0 Å². The zero-order valence-electron chi connectivity index (χ0n) is 40.5. The summed E-state index contributed by atoms with van der Waals surface area (Å²) in [6.45, 7) is 10.3. The molecule has 10 heterocycles. The van der Waals surface area contributed by atoms with Gasteiger partial charge in [0.05, 0.1) is 29.3 Å². The standard InChI is InChI=1S/C52H59F2N13O5/c1-32(68)63-18-11-41-40(30-63)50(58-66(41)35-12-24-72-25-13-35)65-15-3-4-34-26-37(39(49(53)54)27-44(34)65)38-28-46-55-14-19-64(46)31-45(38)62-22-20-60(21-23-62)29-33-9-16-61(17-10-33)42-6-2-5-36-48(42)57-59-67(52(36)71)43-7-8-47(69)56-51(43)70/h2,5-6,14,19,26-28,31,33,35,43,49H,3-4,7-13,15-18,20-25,29-30H2,1H3,(H,56,69,70). The molecule has 376 valence electrons. The molecule has 1 unspecified atom stereocenters. The number of hydrogen-bond donors (Lipinski definition) is 1. The molecule has 20 heteroatoms. The molecule has 4 saturated heterocycles. The molecule has 2 aromatic carbocycles. The minimum Gasteiger partial charge on any atom is -0.381 e. The van der Waals surface area contributed by atoms with Gasteiger partial charge in [-0.05, 0) is 92.3 Å². The lowest BCUT2D eigenvalue weighted by Gasteiger charge is -2.40. The lowest BCUT2D eigenvalue weighted by atomic mass is 9.91. The number of anilines is 4. The highest BCUT2D eigenvalue weighted by molar-refractivity contribution is 5.99. The Kier molecular flexibility index (Phi) is 12.2. The SMILES string of the molecule is CC(=O)N1CCc2c(c(N3CCCc4cc(-c5cc6nccn6cc5N5CCN(CC6CCN(c7cccc8c(=O)n(C9CCC(=O)NC9=O)nnc78)CC6)CC5)c(C(F)F)cc43)nn2C2CCOCC2)C1. The maximum absolute atomic E-state index is 15.7. The Hall–Kier alpha value is -6.80. The summed E-state index contributed by atoms with van der Waals surface area (Å²) in [5.74, 6) is 0.344. The van der Waals surface area contributed by atoms with E-state index in [0.29, 0.717) is 67.3 Å². The van der Waals surface area contributed by atoms with Gasteiger partial charge in [0.2, 0.25) is 11.8 Å². The molecule has 0 spiro atoms. The number of alkyl halides is 2. The molecular weight excluding hydrogens is 925 g/mol. The van der Waals surface area contributed by atoms with Crippen LogP contribution in [0.4, 0.5) is 31.7 Å². The number of nitrogens with zero attached hydrogens (tertiary/aromatic N) is 12. The highest BCUT2D eigenvalue weighted by Gasteiger charge is 2.36. The Labute approximate surface area is 414 Å². The maximum atomic E-state index is 15.7. The van der Waals surface area contributed by atoms with E-state index in [9.17, 15) is 19.2 Å². The van der Waals surface area contributed by atoms with Gasteiger partial charge in [0.1, 0.15) is 17.2 Å². The predicted octanol–water partition coefficient (Wildman–Crippen LogP) is 5.60. The zero-order chi connectivity index (χ0) is 49.2. The van der Waals surface area contributed by atoms with Crippen molar-refractivity contribution in [1.29, 1.82) is 0 Å². The molecule has 12 rings (SSSR count). The molecule has 0 saturated carbocycles. The third kappa shape index (κ3) is 8.44. The van der Waals surface area contributed by atoms with Gasteiger partial charge in [-0.2, -0.15) is 9.78 Å². The fourth-order valence-corrected chi connectivity index (χ4v) is 12.2. The lowest BCUT2D eigenvalue weighted by molar-refractivity contribution is -0.136. The van der Waals surface area contributed by atoms with Crippen LogP contribution in [-0.2, 0) is 38.5 Å². The number of aryl methyl sites for hydroxylation is 1. The van der Waals surface area contributed by atoms with E-state index in [2.05, 4.69) is 44.9 Å². The number of fused-ring (bicyclic) bond motifs is 4. The van der Waals surface area contributed by atoms with E-state index in [1.807, 2.05) is 46.0 Å². The number of ether oxygens (including phenoxy) is 1. The quantitative estimate of drug-likeness (QED) is 0.178. The first-order valence-corrected chi connectivity index (χ1v) is 25.6. The van der Waals surface area contributed by atoms with E-state index in [4.69, 9.17) is 9.84 Å². The van der Waals surface area contributed by atoms with Gasteiger partial charge in [0.15, 0.2) is 5.82 Å². The molecule has 0 bridgehead atoms. The van der Waals surface area contributed by atoms with Crippen LogP contribution in [-0.4, -0.2) is 134 Å². The molecule has 72 heavy (non-hydrogen) atoms. The van der Waals surface area contributed by atoms with Gasteiger partial charge in [-0.3, -0.25) is 34.1 Å². The molecule has 6 aliphatic heterocycles. The molecule has 6 aromatic rings. The van der Waals surface area contributed by atoms with E-state index >= 15 is 8.78 Å². The number of halogens is 2. The van der Waals surface area contributed by atoms with Gasteiger partial charge >= 0.3 is 0 Å². The molecule has 18 nitrogen and oxygen atoms in total. The number of carbonyl (C=O) groups excluding carboxylic acids is 3. The highest BCUT2D eigenvalue weighted by Crippen LogP contribution is 2.46. The van der Waals surface area contributed by atoms with E-state index < -0.39 is 23.9 Å². The van der Waals surface area contributed by atoms with E-state index in [1.54, 1.807) is 25.3 Å². The third-order valence-electron chi connectivity index (χ3n) is 16.1. The second-order valence-electron chi connectivity index (χ2n) is 20.3. The van der Waals surface area contributed by atoms with Gasteiger partial charge in [0, 0.05) is 139 Å². The van der Waals surface area contributed by atoms with Crippen molar-refractivity contribution in [2.24, 2.45) is 5.92 Å². The maximum Gasteiger partial charge on any atom is 0.278 e. The number of imidazole rings is 1. The number of piperidine rings is 2. The molecule has 6 aliphatic rings. The summed E-state index contributed by atoms with van der Waals surface area (Å²) in [6.07, 6.45) is 9.19. The molecule has 4 aromatic heterocycles. The van der Waals surface area contributed by atoms with Crippen LogP contribution < -0.4 is 25.6 Å². The van der Waals surface area contributed by atoms with Gasteiger partial charge in [-0.1, -0.05) is 11.3 Å². The summed E-state index contributed by atoms with van der Waals surface area (Å²) in [7, 11) is 0. The van der Waals surface area contributed by atoms with E-state index in [-0.39, 0.29) is 36.3 Å². The largest absolute Gasteiger partial charge is 0.381 e. The fourth-order valence-electron chi connectivity index (χ4n) is 12.2. The summed E-state index contributed by atoms with van der Waals surface area (Å²) in [6, 6.07) is 10.5. The Bertz CT molecular complexity index is 3150. The first kappa shape index (κ1) is 46.3. The predicted molar refractivity (Wildman–Crippen MR) is 266 cm³/mol. The Balaban J connectivity index is 0.764. The van der Waals surface area contributed by atoms with E-state index in [0.717, 1.165) is 134 Å². The molecule has 0 aliphatic carbocycles. The van der Waals surface area contributed by atoms with Crippen LogP contribution in [0, 0.1) is 5.92 Å². The summed E-state index contributed by atoms with van der Waals surface area (Å²) in [5.41, 5.74) is 7.68. The van der Waals surface area contributed by atoms with Crippen molar-refractivity contribution in [1.82, 2.24) is 49.3 Å². The summed E-state index contributed by atoms with van der Waals surface area (Å²) >= 11 is 0. The van der Waals surface area contributed by atoms with Crippen LogP contribution in [0.15, 0.2) is 59.8 Å². The second kappa shape index (κ2) is 19.0. The van der Waals surface area contributed by atoms with Crippen LogP contribution in [0.25, 0.3) is 27.7 Å². The number of nitrogens with one attached hydrogen (secondary N) is 1. The molecule has 1 N–H and O–H groups in total. The Morgan fingerprint density at radius 2 is 1.65 bits per heavy atom. The summed E-state index contributed by atoms with van der Waals surface area (Å²) in [4.78, 5) is 66.2. The van der Waals surface area contributed by atoms with Crippen LogP contribution in [0.2, 0.25) is 0 Å². The number of hydrogen-bond acceptors (Lipinski definition) is 13. The number of carbonyl (C=O) groups is 3. The van der Waals surface area contributed by atoms with Gasteiger partial charge in [-0.15, -0.1) is 5.10 Å². The second-order valence-corrected chi connectivity index (χ2v) is 20.3. The number of piperazine rings is 1. The summed E-state index contributed by atoms with van der Waals surface area (Å²) < 4.78 is 42.3. The minimum absolute atomic E-state index is 0.0139. The van der Waals surface area contributed by atoms with Crippen molar-refractivity contribution in [2.45, 2.75) is 89.8 Å². The fraction of sp³-hybridized carbons (Fsp3) is 0.500. The normalized spacial score (nSPS) is 20.7. The summed E-state index contributed by atoms with van der Waals surface area (Å²) in [5, 5.41) is 16.6. The van der Waals surface area contributed by atoms with E-state index in [1.165, 1.54) is 0 Å². The van der Waals surface area contributed by atoms with Crippen molar-refractivity contribution in [2.75, 3.05) is 86.8 Å². The van der Waals surface area contributed by atoms with Gasteiger partial charge in [0.25, 0.3) is 17.9 Å².